The zero-order chi connectivity index (χ0) is 18.5. The van der Waals surface area contributed by atoms with Crippen molar-refractivity contribution in [1.29, 1.82) is 0 Å². The van der Waals surface area contributed by atoms with Crippen molar-refractivity contribution in [1.82, 2.24) is 4.90 Å². The van der Waals surface area contributed by atoms with Crippen molar-refractivity contribution >= 4 is 28.4 Å². The highest BCUT2D eigenvalue weighted by atomic mass is 16.6. The SMILES string of the molecule is CN(Cc1cccc2ccccc12)C(=O)C=Cc1ccccc1[N+](=O)[O-]. The summed E-state index contributed by atoms with van der Waals surface area (Å²) in [6, 6.07) is 20.4. The first-order valence-electron chi connectivity index (χ1n) is 8.19. The Hall–Kier alpha value is -3.47. The van der Waals surface area contributed by atoms with Crippen LogP contribution in [-0.2, 0) is 11.3 Å². The Balaban J connectivity index is 1.77. The molecule has 0 saturated heterocycles. The summed E-state index contributed by atoms with van der Waals surface area (Å²) in [6.07, 6.45) is 2.85. The van der Waals surface area contributed by atoms with Crippen molar-refractivity contribution in [2.24, 2.45) is 0 Å². The fourth-order valence-corrected chi connectivity index (χ4v) is 2.85. The largest absolute Gasteiger partial charge is 0.338 e. The van der Waals surface area contributed by atoms with E-state index in [1.807, 2.05) is 42.5 Å². The summed E-state index contributed by atoms with van der Waals surface area (Å²) in [6.45, 7) is 0.460. The number of para-hydroxylation sites is 1. The molecule has 130 valence electrons. The van der Waals surface area contributed by atoms with Gasteiger partial charge < -0.3 is 4.90 Å². The van der Waals surface area contributed by atoms with Gasteiger partial charge in [-0.15, -0.1) is 0 Å². The lowest BCUT2D eigenvalue weighted by Crippen LogP contribution is -2.24. The van der Waals surface area contributed by atoms with Gasteiger partial charge in [-0.05, 0) is 28.5 Å². The zero-order valence-corrected chi connectivity index (χ0v) is 14.3. The van der Waals surface area contributed by atoms with Crippen molar-refractivity contribution in [3.8, 4) is 0 Å². The van der Waals surface area contributed by atoms with Gasteiger partial charge in [0.1, 0.15) is 0 Å². The Kier molecular flexibility index (Phi) is 5.08. The molecule has 0 aliphatic carbocycles. The Morgan fingerprint density at radius 3 is 2.54 bits per heavy atom. The van der Waals surface area contributed by atoms with Crippen LogP contribution in [0.5, 0.6) is 0 Å². The monoisotopic (exact) mass is 346 g/mol. The van der Waals surface area contributed by atoms with Crippen molar-refractivity contribution < 1.29 is 9.72 Å². The van der Waals surface area contributed by atoms with Crippen molar-refractivity contribution in [3.05, 3.63) is 94.0 Å². The van der Waals surface area contributed by atoms with Crippen LogP contribution in [0.25, 0.3) is 16.8 Å². The summed E-state index contributed by atoms with van der Waals surface area (Å²) in [5, 5.41) is 13.3. The molecule has 0 N–H and O–H groups in total. The molecule has 0 radical (unpaired) electrons. The molecule has 1 amide bonds. The third-order valence-corrected chi connectivity index (χ3v) is 4.20. The second-order valence-corrected chi connectivity index (χ2v) is 5.98. The minimum absolute atomic E-state index is 0.0201. The third kappa shape index (κ3) is 3.78. The van der Waals surface area contributed by atoms with Gasteiger partial charge in [0.05, 0.1) is 10.5 Å². The number of carbonyl (C=O) groups is 1. The van der Waals surface area contributed by atoms with E-state index in [2.05, 4.69) is 0 Å². The number of hydrogen-bond donors (Lipinski definition) is 0. The van der Waals surface area contributed by atoms with Crippen molar-refractivity contribution in [2.75, 3.05) is 7.05 Å². The molecule has 0 atom stereocenters. The van der Waals surface area contributed by atoms with Gasteiger partial charge in [-0.2, -0.15) is 0 Å². The molecule has 0 unspecified atom stereocenters. The maximum Gasteiger partial charge on any atom is 0.276 e. The average molecular weight is 346 g/mol. The van der Waals surface area contributed by atoms with Gasteiger partial charge in [0, 0.05) is 25.7 Å². The highest BCUT2D eigenvalue weighted by molar-refractivity contribution is 5.93. The van der Waals surface area contributed by atoms with Crippen LogP contribution in [-0.4, -0.2) is 22.8 Å². The van der Waals surface area contributed by atoms with Gasteiger partial charge >= 0.3 is 0 Å². The summed E-state index contributed by atoms with van der Waals surface area (Å²) < 4.78 is 0. The van der Waals surface area contributed by atoms with Gasteiger partial charge in [-0.25, -0.2) is 0 Å². The highest BCUT2D eigenvalue weighted by Gasteiger charge is 2.12. The first-order valence-corrected chi connectivity index (χ1v) is 8.19. The Labute approximate surface area is 151 Å². The molecule has 5 heteroatoms. The predicted octanol–water partition coefficient (Wildman–Crippen LogP) is 4.42. The molecule has 0 aliphatic heterocycles. The number of rotatable bonds is 5. The molecule has 3 aromatic carbocycles. The van der Waals surface area contributed by atoms with Crippen LogP contribution >= 0.6 is 0 Å². The van der Waals surface area contributed by atoms with Crippen LogP contribution in [0.15, 0.2) is 72.8 Å². The lowest BCUT2D eigenvalue weighted by atomic mass is 10.0. The molecule has 0 aromatic heterocycles. The lowest BCUT2D eigenvalue weighted by Gasteiger charge is -2.16. The highest BCUT2D eigenvalue weighted by Crippen LogP contribution is 2.21. The number of amides is 1. The second-order valence-electron chi connectivity index (χ2n) is 5.98. The maximum atomic E-state index is 12.4. The van der Waals surface area contributed by atoms with Crippen LogP contribution in [0.4, 0.5) is 5.69 Å². The molecule has 0 bridgehead atoms. The second kappa shape index (κ2) is 7.61. The normalized spacial score (nSPS) is 11.0. The van der Waals surface area contributed by atoms with Gasteiger partial charge in [0.15, 0.2) is 0 Å². The summed E-state index contributed by atoms with van der Waals surface area (Å²) in [5.41, 5.74) is 1.44. The van der Waals surface area contributed by atoms with E-state index in [0.29, 0.717) is 12.1 Å². The Morgan fingerprint density at radius 1 is 1.04 bits per heavy atom. The number of fused-ring (bicyclic) bond motifs is 1. The molecule has 0 spiro atoms. The molecule has 3 aromatic rings. The standard InChI is InChI=1S/C21H18N2O3/c1-22(15-18-10-6-9-16-7-2-4-11-19(16)18)21(24)14-13-17-8-3-5-12-20(17)23(25)26/h2-14H,15H2,1H3. The number of hydrogen-bond acceptors (Lipinski definition) is 3. The van der Waals surface area contributed by atoms with Crippen LogP contribution in [0.2, 0.25) is 0 Å². The zero-order valence-electron chi connectivity index (χ0n) is 14.3. The molecular weight excluding hydrogens is 328 g/mol. The smallest absolute Gasteiger partial charge is 0.276 e. The Morgan fingerprint density at radius 2 is 1.73 bits per heavy atom. The van der Waals surface area contributed by atoms with Gasteiger partial charge in [0.2, 0.25) is 5.91 Å². The van der Waals surface area contributed by atoms with E-state index in [1.54, 1.807) is 30.1 Å². The lowest BCUT2D eigenvalue weighted by molar-refractivity contribution is -0.385. The van der Waals surface area contributed by atoms with Gasteiger partial charge in [-0.1, -0.05) is 54.6 Å². The van der Waals surface area contributed by atoms with E-state index in [9.17, 15) is 14.9 Å². The molecule has 0 fully saturated rings. The van der Waals surface area contributed by atoms with Crippen molar-refractivity contribution in [2.45, 2.75) is 6.54 Å². The predicted molar refractivity (Wildman–Crippen MR) is 103 cm³/mol. The van der Waals surface area contributed by atoms with Gasteiger partial charge in [0.25, 0.3) is 5.69 Å². The molecule has 26 heavy (non-hydrogen) atoms. The molecule has 0 aliphatic rings. The first-order chi connectivity index (χ1) is 12.6. The minimum atomic E-state index is -0.454. The fraction of sp³-hybridized carbons (Fsp3) is 0.0952. The van der Waals surface area contributed by atoms with E-state index >= 15 is 0 Å². The van der Waals surface area contributed by atoms with E-state index < -0.39 is 4.92 Å². The van der Waals surface area contributed by atoms with E-state index in [1.165, 1.54) is 18.2 Å². The topological polar surface area (TPSA) is 63.5 Å². The number of carbonyl (C=O) groups excluding carboxylic acids is 1. The summed E-state index contributed by atoms with van der Waals surface area (Å²) in [4.78, 5) is 24.6. The molecular formula is C21H18N2O3. The van der Waals surface area contributed by atoms with Crippen LogP contribution in [0.3, 0.4) is 0 Å². The Bertz CT molecular complexity index is 990. The average Bonchev–Trinajstić information content (AvgIpc) is 2.66. The van der Waals surface area contributed by atoms with Gasteiger partial charge in [-0.3, -0.25) is 14.9 Å². The van der Waals surface area contributed by atoms with Crippen molar-refractivity contribution in [3.63, 3.8) is 0 Å². The molecule has 0 saturated carbocycles. The summed E-state index contributed by atoms with van der Waals surface area (Å²) in [7, 11) is 1.72. The summed E-state index contributed by atoms with van der Waals surface area (Å²) in [5.74, 6) is -0.212. The third-order valence-electron chi connectivity index (χ3n) is 4.20. The van der Waals surface area contributed by atoms with Crippen LogP contribution < -0.4 is 0 Å². The first kappa shape index (κ1) is 17.4. The number of nitro benzene ring substituents is 1. The number of nitrogens with zero attached hydrogens (tertiary/aromatic N) is 2. The molecule has 0 heterocycles. The summed E-state index contributed by atoms with van der Waals surface area (Å²) >= 11 is 0. The number of nitro groups is 1. The molecule has 5 nitrogen and oxygen atoms in total. The fourth-order valence-electron chi connectivity index (χ4n) is 2.85. The maximum absolute atomic E-state index is 12.4. The quantitative estimate of drug-likeness (QED) is 0.390. The van der Waals surface area contributed by atoms with Crippen LogP contribution in [0, 0.1) is 10.1 Å². The van der Waals surface area contributed by atoms with E-state index in [-0.39, 0.29) is 11.6 Å². The minimum Gasteiger partial charge on any atom is -0.338 e. The number of benzene rings is 3. The molecule has 3 rings (SSSR count). The van der Waals surface area contributed by atoms with Crippen LogP contribution in [0.1, 0.15) is 11.1 Å². The van der Waals surface area contributed by atoms with E-state index in [0.717, 1.165) is 16.3 Å². The number of likely N-dealkylation sites (N-methyl/N-ethyl adjacent to an activating group) is 1. The van der Waals surface area contributed by atoms with E-state index in [4.69, 9.17) is 0 Å².